The monoisotopic (exact) mass is 334 g/mol. The number of carbonyl (C=O) groups is 2. The number of nitrogens with zero attached hydrogens (tertiary/aromatic N) is 1. The van der Waals surface area contributed by atoms with Crippen LogP contribution < -0.4 is 10.0 Å². The molecule has 1 fully saturated rings. The lowest BCUT2D eigenvalue weighted by Crippen LogP contribution is -2.28. The van der Waals surface area contributed by atoms with E-state index in [1.165, 1.54) is 0 Å². The van der Waals surface area contributed by atoms with Crippen LogP contribution in [-0.2, 0) is 14.8 Å². The molecule has 1 aromatic carbocycles. The molecule has 1 heterocycles. The summed E-state index contributed by atoms with van der Waals surface area (Å²) in [6.07, 6.45) is -0.171. The predicted octanol–water partition coefficient (Wildman–Crippen LogP) is 0.304. The quantitative estimate of drug-likeness (QED) is 0.821. The Kier molecular flexibility index (Phi) is 4.16. The molecule has 0 spiro atoms. The highest BCUT2D eigenvalue weighted by Crippen LogP contribution is 2.30. The molecule has 1 aromatic rings. The van der Waals surface area contributed by atoms with Crippen molar-refractivity contribution in [2.75, 3.05) is 17.2 Å². The van der Waals surface area contributed by atoms with Crippen molar-refractivity contribution < 1.29 is 31.9 Å². The minimum Gasteiger partial charge on any atom is -0.477 e. The van der Waals surface area contributed by atoms with Crippen LogP contribution in [0.15, 0.2) is 12.1 Å². The SMILES string of the molecule is NS(=O)(=O)CC1CC(=O)N(c2ccc(F)c(C(=O)O)c2F)C1. The molecule has 120 valence electrons. The van der Waals surface area contributed by atoms with Gasteiger partial charge in [0.15, 0.2) is 5.82 Å². The van der Waals surface area contributed by atoms with Gasteiger partial charge in [-0.2, -0.15) is 0 Å². The third-order valence-corrected chi connectivity index (χ3v) is 4.18. The van der Waals surface area contributed by atoms with Crippen molar-refractivity contribution in [2.24, 2.45) is 11.1 Å². The topological polar surface area (TPSA) is 118 Å². The highest BCUT2D eigenvalue weighted by Gasteiger charge is 2.35. The minimum absolute atomic E-state index is 0.142. The highest BCUT2D eigenvalue weighted by molar-refractivity contribution is 7.89. The molecule has 1 aliphatic rings. The van der Waals surface area contributed by atoms with E-state index < -0.39 is 56.5 Å². The maximum absolute atomic E-state index is 14.1. The van der Waals surface area contributed by atoms with Gasteiger partial charge >= 0.3 is 5.97 Å². The van der Waals surface area contributed by atoms with Crippen molar-refractivity contribution >= 4 is 27.6 Å². The van der Waals surface area contributed by atoms with Gasteiger partial charge in [-0.3, -0.25) is 4.79 Å². The number of halogens is 2. The Labute approximate surface area is 124 Å². The van der Waals surface area contributed by atoms with Crippen LogP contribution in [0, 0.1) is 17.6 Å². The molecule has 0 aromatic heterocycles. The van der Waals surface area contributed by atoms with E-state index in [2.05, 4.69) is 0 Å². The lowest BCUT2D eigenvalue weighted by molar-refractivity contribution is -0.117. The van der Waals surface area contributed by atoms with Gasteiger partial charge in [-0.25, -0.2) is 27.1 Å². The number of carboxylic acids is 1. The number of aromatic carboxylic acids is 1. The third kappa shape index (κ3) is 3.22. The van der Waals surface area contributed by atoms with E-state index in [0.717, 1.165) is 17.0 Å². The van der Waals surface area contributed by atoms with Crippen LogP contribution in [0.4, 0.5) is 14.5 Å². The summed E-state index contributed by atoms with van der Waals surface area (Å²) in [5, 5.41) is 13.7. The molecule has 10 heteroatoms. The average molecular weight is 334 g/mol. The van der Waals surface area contributed by atoms with Crippen LogP contribution in [-0.4, -0.2) is 37.7 Å². The molecule has 0 radical (unpaired) electrons. The summed E-state index contributed by atoms with van der Waals surface area (Å²) < 4.78 is 49.5. The smallest absolute Gasteiger partial charge is 0.341 e. The van der Waals surface area contributed by atoms with Crippen molar-refractivity contribution in [3.05, 3.63) is 29.3 Å². The molecule has 0 bridgehead atoms. The maximum atomic E-state index is 14.1. The second-order valence-corrected chi connectivity index (χ2v) is 6.62. The van der Waals surface area contributed by atoms with Crippen LogP contribution in [0.5, 0.6) is 0 Å². The first-order valence-corrected chi connectivity index (χ1v) is 7.84. The first kappa shape index (κ1) is 16.3. The van der Waals surface area contributed by atoms with Gasteiger partial charge in [0.1, 0.15) is 11.4 Å². The summed E-state index contributed by atoms with van der Waals surface area (Å²) in [6.45, 7) is -0.142. The molecule has 1 saturated heterocycles. The van der Waals surface area contributed by atoms with Crippen molar-refractivity contribution in [3.63, 3.8) is 0 Å². The minimum atomic E-state index is -3.80. The largest absolute Gasteiger partial charge is 0.477 e. The summed E-state index contributed by atoms with van der Waals surface area (Å²) in [5.41, 5.74) is -1.57. The number of amides is 1. The Morgan fingerprint density at radius 2 is 2.05 bits per heavy atom. The number of rotatable bonds is 4. The van der Waals surface area contributed by atoms with E-state index in [1.54, 1.807) is 0 Å². The fourth-order valence-corrected chi connectivity index (χ4v) is 3.28. The zero-order chi connectivity index (χ0) is 16.7. The summed E-state index contributed by atoms with van der Waals surface area (Å²) in [4.78, 5) is 23.6. The van der Waals surface area contributed by atoms with Gasteiger partial charge in [0.2, 0.25) is 15.9 Å². The zero-order valence-corrected chi connectivity index (χ0v) is 11.9. The van der Waals surface area contributed by atoms with Gasteiger partial charge in [-0.15, -0.1) is 0 Å². The van der Waals surface area contributed by atoms with E-state index in [-0.39, 0.29) is 13.0 Å². The lowest BCUT2D eigenvalue weighted by atomic mass is 10.1. The summed E-state index contributed by atoms with van der Waals surface area (Å²) in [6, 6.07) is 1.68. The Morgan fingerprint density at radius 3 is 2.59 bits per heavy atom. The van der Waals surface area contributed by atoms with Gasteiger partial charge in [0.05, 0.1) is 11.4 Å². The van der Waals surface area contributed by atoms with Crippen LogP contribution >= 0.6 is 0 Å². The fourth-order valence-electron chi connectivity index (χ4n) is 2.40. The molecule has 1 aliphatic heterocycles. The van der Waals surface area contributed by atoms with Crippen molar-refractivity contribution in [1.82, 2.24) is 0 Å². The Morgan fingerprint density at radius 1 is 1.41 bits per heavy atom. The molecule has 0 aliphatic carbocycles. The van der Waals surface area contributed by atoms with Gasteiger partial charge in [0.25, 0.3) is 0 Å². The zero-order valence-electron chi connectivity index (χ0n) is 11.1. The third-order valence-electron chi connectivity index (χ3n) is 3.25. The van der Waals surface area contributed by atoms with Crippen molar-refractivity contribution in [1.29, 1.82) is 0 Å². The van der Waals surface area contributed by atoms with E-state index >= 15 is 0 Å². The van der Waals surface area contributed by atoms with Crippen LogP contribution in [0.1, 0.15) is 16.8 Å². The van der Waals surface area contributed by atoms with E-state index in [0.29, 0.717) is 0 Å². The molecular formula is C12H12F2N2O5S. The lowest BCUT2D eigenvalue weighted by Gasteiger charge is -2.18. The number of carbonyl (C=O) groups excluding carboxylic acids is 1. The van der Waals surface area contributed by atoms with Crippen LogP contribution in [0.3, 0.4) is 0 Å². The summed E-state index contributed by atoms with van der Waals surface area (Å²) >= 11 is 0. The Bertz CT molecular complexity index is 750. The molecular weight excluding hydrogens is 322 g/mol. The van der Waals surface area contributed by atoms with Crippen molar-refractivity contribution in [3.8, 4) is 0 Å². The number of sulfonamides is 1. The van der Waals surface area contributed by atoms with Crippen LogP contribution in [0.2, 0.25) is 0 Å². The Hall–Kier alpha value is -2.07. The first-order valence-electron chi connectivity index (χ1n) is 6.12. The van der Waals surface area contributed by atoms with E-state index in [1.807, 2.05) is 0 Å². The molecule has 0 saturated carbocycles. The van der Waals surface area contributed by atoms with Gasteiger partial charge in [-0.1, -0.05) is 0 Å². The van der Waals surface area contributed by atoms with Crippen molar-refractivity contribution in [2.45, 2.75) is 6.42 Å². The molecule has 2 rings (SSSR count). The second-order valence-electron chi connectivity index (χ2n) is 4.96. The molecule has 1 atom stereocenters. The average Bonchev–Trinajstić information content (AvgIpc) is 2.67. The van der Waals surface area contributed by atoms with E-state index in [9.17, 15) is 26.8 Å². The van der Waals surface area contributed by atoms with Gasteiger partial charge in [0, 0.05) is 18.9 Å². The first-order chi connectivity index (χ1) is 10.1. The van der Waals surface area contributed by atoms with Gasteiger partial charge in [-0.05, 0) is 12.1 Å². The standard InChI is InChI=1S/C12H12F2N2O5S/c13-7-1-2-8(11(14)10(7)12(18)19)16-4-6(3-9(16)17)5-22(15,20)21/h1-2,6H,3-5H2,(H,18,19)(H2,15,20,21). The number of primary sulfonamides is 1. The molecule has 1 unspecified atom stereocenters. The fraction of sp³-hybridized carbons (Fsp3) is 0.333. The number of hydrogen-bond donors (Lipinski definition) is 2. The predicted molar refractivity (Wildman–Crippen MR) is 71.8 cm³/mol. The molecule has 3 N–H and O–H groups in total. The number of anilines is 1. The number of benzene rings is 1. The molecule has 7 nitrogen and oxygen atoms in total. The summed E-state index contributed by atoms with van der Waals surface area (Å²) in [7, 11) is -3.80. The number of hydrogen-bond acceptors (Lipinski definition) is 4. The number of carboxylic acid groups (broad SMARTS) is 1. The molecule has 1 amide bonds. The van der Waals surface area contributed by atoms with E-state index in [4.69, 9.17) is 10.2 Å². The second kappa shape index (κ2) is 5.61. The normalized spacial score (nSPS) is 18.8. The highest BCUT2D eigenvalue weighted by atomic mass is 32.2. The van der Waals surface area contributed by atoms with Gasteiger partial charge < -0.3 is 10.0 Å². The van der Waals surface area contributed by atoms with Crippen LogP contribution in [0.25, 0.3) is 0 Å². The summed E-state index contributed by atoms with van der Waals surface area (Å²) in [5.74, 6) is -6.12. The molecule has 22 heavy (non-hydrogen) atoms. The number of nitrogens with two attached hydrogens (primary N) is 1. The maximum Gasteiger partial charge on any atom is 0.341 e. The Balaban J connectivity index is 2.35.